The SMILES string of the molecule is O=P(O)(O)O.[H-].[H-].[K+].[Na+].[V]. The van der Waals surface area contributed by atoms with Gasteiger partial charge in [-0.05, 0) is 0 Å². The number of hydrogen-bond acceptors (Lipinski definition) is 1. The van der Waals surface area contributed by atoms with Gasteiger partial charge < -0.3 is 17.5 Å². The van der Waals surface area contributed by atoms with Crippen LogP contribution in [0.5, 0.6) is 0 Å². The van der Waals surface area contributed by atoms with Crippen molar-refractivity contribution in [2.24, 2.45) is 0 Å². The molecule has 0 unspecified atom stereocenters. The average Bonchev–Trinajstić information content (AvgIpc) is 0.722. The van der Waals surface area contributed by atoms with Gasteiger partial charge in [0.2, 0.25) is 0 Å². The molecule has 0 amide bonds. The monoisotopic (exact) mass is 213 g/mol. The molecule has 0 rings (SSSR count). The molecule has 0 aliphatic rings. The van der Waals surface area contributed by atoms with E-state index in [0.717, 1.165) is 0 Å². The Labute approximate surface area is 127 Å². The molecule has 3 N–H and O–H groups in total. The van der Waals surface area contributed by atoms with E-state index in [0.29, 0.717) is 0 Å². The Morgan fingerprint density at radius 2 is 1.25 bits per heavy atom. The fourth-order valence-corrected chi connectivity index (χ4v) is 0. The summed E-state index contributed by atoms with van der Waals surface area (Å²) in [5, 5.41) is 0. The molecule has 0 bridgehead atoms. The van der Waals surface area contributed by atoms with E-state index >= 15 is 0 Å². The third kappa shape index (κ3) is 58.4. The normalized spacial score (nSPS) is 7.38. The van der Waals surface area contributed by atoms with E-state index in [9.17, 15) is 0 Å². The van der Waals surface area contributed by atoms with E-state index in [-0.39, 0.29) is 102 Å². The first-order valence-electron chi connectivity index (χ1n) is 0.783. The van der Waals surface area contributed by atoms with Crippen LogP contribution in [0.2, 0.25) is 0 Å². The maximum absolute atomic E-state index is 8.88. The summed E-state index contributed by atoms with van der Waals surface area (Å²) < 4.78 is 8.88. The van der Waals surface area contributed by atoms with Crippen LogP contribution in [0.15, 0.2) is 0 Å². The summed E-state index contributed by atoms with van der Waals surface area (Å²) in [7, 11) is -4.64. The number of rotatable bonds is 0. The Hall–Kier alpha value is 3.33. The van der Waals surface area contributed by atoms with E-state index < -0.39 is 7.82 Å². The van der Waals surface area contributed by atoms with Crippen LogP contribution in [0.3, 0.4) is 0 Å². The van der Waals surface area contributed by atoms with Crippen LogP contribution >= 0.6 is 7.82 Å². The molecule has 0 atom stereocenters. The molecule has 4 nitrogen and oxygen atoms in total. The van der Waals surface area contributed by atoms with Crippen molar-refractivity contribution in [3.05, 3.63) is 0 Å². The van der Waals surface area contributed by atoms with Crippen molar-refractivity contribution >= 4 is 7.82 Å². The minimum absolute atomic E-state index is 0. The average molecular weight is 213 g/mol. The minimum Gasteiger partial charge on any atom is -1.00 e. The molecule has 0 spiro atoms. The first kappa shape index (κ1) is 22.5. The summed E-state index contributed by atoms with van der Waals surface area (Å²) in [4.78, 5) is 21.6. The molecule has 0 aromatic heterocycles. The molecular weight excluding hydrogens is 208 g/mol. The predicted octanol–water partition coefficient (Wildman–Crippen LogP) is -6.70. The summed E-state index contributed by atoms with van der Waals surface area (Å²) >= 11 is 0. The zero-order chi connectivity index (χ0) is 4.50. The van der Waals surface area contributed by atoms with Crippen molar-refractivity contribution in [1.29, 1.82) is 0 Å². The standard InChI is InChI=1S/K.Na.H3O4P.V.2H/c;;1-5(2,3)4;;;/h;;(H3,1,2,3,4);;;/q2*+1;;;2*-1. The van der Waals surface area contributed by atoms with Crippen LogP contribution in [0.1, 0.15) is 2.85 Å². The first-order chi connectivity index (χ1) is 2.00. The zero-order valence-electron chi connectivity index (χ0n) is 6.64. The third-order valence-electron chi connectivity index (χ3n) is 0. The van der Waals surface area contributed by atoms with Gasteiger partial charge in [-0.1, -0.05) is 0 Å². The molecule has 1 radical (unpaired) electrons. The number of hydrogen-bond donors (Lipinski definition) is 3. The Bertz CT molecular complexity index is 69.4. The van der Waals surface area contributed by atoms with Crippen LogP contribution in [-0.2, 0) is 23.1 Å². The van der Waals surface area contributed by atoms with E-state index in [2.05, 4.69) is 0 Å². The van der Waals surface area contributed by atoms with Gasteiger partial charge in [-0.3, -0.25) is 0 Å². The van der Waals surface area contributed by atoms with Crippen molar-refractivity contribution in [2.45, 2.75) is 0 Å². The Balaban J connectivity index is -0.00000000800. The van der Waals surface area contributed by atoms with Gasteiger partial charge >= 0.3 is 88.8 Å². The van der Waals surface area contributed by atoms with Crippen molar-refractivity contribution < 1.29 is 122 Å². The minimum atomic E-state index is -4.64. The van der Waals surface area contributed by atoms with Crippen LogP contribution < -0.4 is 80.9 Å². The van der Waals surface area contributed by atoms with E-state index in [1.807, 2.05) is 0 Å². The molecule has 0 heterocycles. The molecule has 0 saturated carbocycles. The van der Waals surface area contributed by atoms with Gasteiger partial charge in [-0.25, -0.2) is 4.57 Å². The molecule has 0 aliphatic carbocycles. The fourth-order valence-electron chi connectivity index (χ4n) is 0. The molecule has 0 saturated heterocycles. The van der Waals surface area contributed by atoms with Gasteiger partial charge in [-0.2, -0.15) is 0 Å². The Morgan fingerprint density at radius 3 is 1.25 bits per heavy atom. The number of phosphoric acid groups is 1. The van der Waals surface area contributed by atoms with Crippen molar-refractivity contribution in [2.75, 3.05) is 0 Å². The summed E-state index contributed by atoms with van der Waals surface area (Å²) in [6.07, 6.45) is 0. The molecule has 0 fully saturated rings. The molecule has 0 aliphatic heterocycles. The predicted molar refractivity (Wildman–Crippen MR) is 16.5 cm³/mol. The first-order valence-corrected chi connectivity index (χ1v) is 2.35. The Morgan fingerprint density at radius 1 is 1.25 bits per heavy atom. The quantitative estimate of drug-likeness (QED) is 0.276. The maximum Gasteiger partial charge on any atom is 1.00 e. The molecule has 0 aromatic carbocycles. The van der Waals surface area contributed by atoms with Gasteiger partial charge in [0.05, 0.1) is 0 Å². The molecule has 8 heavy (non-hydrogen) atoms. The molecule has 0 aromatic rings. The molecule has 41 valence electrons. The van der Waals surface area contributed by atoms with E-state index in [1.165, 1.54) is 0 Å². The van der Waals surface area contributed by atoms with Crippen LogP contribution in [0.4, 0.5) is 0 Å². The van der Waals surface area contributed by atoms with Gasteiger partial charge in [0.25, 0.3) is 0 Å². The summed E-state index contributed by atoms with van der Waals surface area (Å²) in [5.74, 6) is 0. The van der Waals surface area contributed by atoms with Crippen LogP contribution in [-0.4, -0.2) is 14.7 Å². The van der Waals surface area contributed by atoms with Crippen molar-refractivity contribution in [3.8, 4) is 0 Å². The van der Waals surface area contributed by atoms with Crippen LogP contribution in [0, 0.1) is 0 Å². The summed E-state index contributed by atoms with van der Waals surface area (Å²) in [6.45, 7) is 0. The van der Waals surface area contributed by atoms with Crippen LogP contribution in [0.25, 0.3) is 0 Å². The third-order valence-corrected chi connectivity index (χ3v) is 0. The summed E-state index contributed by atoms with van der Waals surface area (Å²) in [5.41, 5.74) is 0. The van der Waals surface area contributed by atoms with Crippen molar-refractivity contribution in [1.82, 2.24) is 0 Å². The van der Waals surface area contributed by atoms with Crippen molar-refractivity contribution in [3.63, 3.8) is 0 Å². The fraction of sp³-hybridized carbons (Fsp3) is 0. The Kier molecular flexibility index (Phi) is 29.1. The van der Waals surface area contributed by atoms with E-state index in [4.69, 9.17) is 19.2 Å². The topological polar surface area (TPSA) is 77.8 Å². The summed E-state index contributed by atoms with van der Waals surface area (Å²) in [6, 6.07) is 0. The largest absolute Gasteiger partial charge is 1.00 e. The maximum atomic E-state index is 8.88. The zero-order valence-corrected chi connectivity index (χ0v) is 12.1. The van der Waals surface area contributed by atoms with Gasteiger partial charge in [-0.15, -0.1) is 0 Å². The van der Waals surface area contributed by atoms with Gasteiger partial charge in [0.15, 0.2) is 0 Å². The second kappa shape index (κ2) is 10.3. The second-order valence-corrected chi connectivity index (χ2v) is 1.54. The molecular formula is H5KNaO4PV. The smallest absolute Gasteiger partial charge is 1.00 e. The second-order valence-electron chi connectivity index (χ2n) is 0.513. The van der Waals surface area contributed by atoms with Gasteiger partial charge in [0, 0.05) is 18.6 Å². The van der Waals surface area contributed by atoms with E-state index in [1.54, 1.807) is 0 Å². The van der Waals surface area contributed by atoms with Gasteiger partial charge in [0.1, 0.15) is 0 Å². The molecule has 8 heteroatoms.